The first-order valence-electron chi connectivity index (χ1n) is 5.36. The summed E-state index contributed by atoms with van der Waals surface area (Å²) in [6.45, 7) is 2.04. The third-order valence-electron chi connectivity index (χ3n) is 2.09. The van der Waals surface area contributed by atoms with Gasteiger partial charge in [0.15, 0.2) is 0 Å². The van der Waals surface area contributed by atoms with Gasteiger partial charge in [-0.3, -0.25) is 0 Å². The molecule has 0 aromatic carbocycles. The highest BCUT2D eigenvalue weighted by Gasteiger charge is 1.95. The first-order chi connectivity index (χ1) is 7.27. The number of unbranched alkanes of at least 4 members (excludes halogenated alkanes) is 5. The number of ketones is 1. The van der Waals surface area contributed by atoms with Crippen LogP contribution in [0.3, 0.4) is 0 Å². The van der Waals surface area contributed by atoms with E-state index in [0.717, 1.165) is 38.5 Å². The second kappa shape index (κ2) is 11.6. The van der Waals surface area contributed by atoms with Gasteiger partial charge in [0.1, 0.15) is 5.78 Å². The number of rotatable bonds is 11. The Morgan fingerprint density at radius 2 is 1.67 bits per heavy atom. The summed E-state index contributed by atoms with van der Waals surface area (Å²) in [7, 11) is 0. The number of hydrogen-bond acceptors (Lipinski definition) is 5. The fourth-order valence-electron chi connectivity index (χ4n) is 1.30. The molecule has 0 spiro atoms. The molecule has 0 bridgehead atoms. The minimum absolute atomic E-state index is 0.268. The molecule has 0 radical (unpaired) electrons. The minimum Gasteiger partial charge on any atom is -0.300 e. The Labute approximate surface area is 90.1 Å². The molecular weight excluding hydrogens is 200 g/mol. The molecule has 0 amide bonds. The predicted octanol–water partition coefficient (Wildman–Crippen LogP) is 2.66. The van der Waals surface area contributed by atoms with E-state index in [1.54, 1.807) is 6.92 Å². The standard InChI is InChI=1S/C10H20O5/c1-10(11)8-6-4-2-3-5-7-9-13-15-14-12/h12H,2-9H2,1H3. The number of carbonyl (C=O) groups excluding carboxylic acids is 1. The number of hydrogen-bond donors (Lipinski definition) is 1. The summed E-state index contributed by atoms with van der Waals surface area (Å²) < 4.78 is 0. The maximum atomic E-state index is 10.6. The van der Waals surface area contributed by atoms with Crippen LogP contribution in [0.5, 0.6) is 0 Å². The van der Waals surface area contributed by atoms with E-state index in [1.807, 2.05) is 0 Å². The van der Waals surface area contributed by atoms with Crippen LogP contribution >= 0.6 is 0 Å². The molecule has 0 aromatic rings. The van der Waals surface area contributed by atoms with Crippen LogP contribution in [0, 0.1) is 0 Å². The fraction of sp³-hybridized carbons (Fsp3) is 0.900. The molecule has 0 unspecified atom stereocenters. The molecule has 5 nitrogen and oxygen atoms in total. The Morgan fingerprint density at radius 3 is 2.27 bits per heavy atom. The lowest BCUT2D eigenvalue weighted by atomic mass is 10.1. The molecule has 0 fully saturated rings. The summed E-state index contributed by atoms with van der Waals surface area (Å²) in [5.41, 5.74) is 0. The van der Waals surface area contributed by atoms with Gasteiger partial charge >= 0.3 is 0 Å². The molecule has 5 heteroatoms. The van der Waals surface area contributed by atoms with E-state index < -0.39 is 0 Å². The molecule has 0 aliphatic carbocycles. The molecule has 0 heterocycles. The fourth-order valence-corrected chi connectivity index (χ4v) is 1.30. The van der Waals surface area contributed by atoms with Crippen LogP contribution in [0.1, 0.15) is 51.9 Å². The van der Waals surface area contributed by atoms with Gasteiger partial charge in [-0.05, 0) is 29.8 Å². The topological polar surface area (TPSA) is 65.0 Å². The van der Waals surface area contributed by atoms with Crippen molar-refractivity contribution in [1.29, 1.82) is 0 Å². The van der Waals surface area contributed by atoms with E-state index in [0.29, 0.717) is 13.0 Å². The lowest BCUT2D eigenvalue weighted by molar-refractivity contribution is -0.623. The molecule has 15 heavy (non-hydrogen) atoms. The Hall–Kier alpha value is -0.490. The summed E-state index contributed by atoms with van der Waals surface area (Å²) in [6.07, 6.45) is 6.99. The third-order valence-corrected chi connectivity index (χ3v) is 2.09. The molecular formula is C10H20O5. The van der Waals surface area contributed by atoms with E-state index in [2.05, 4.69) is 15.0 Å². The quantitative estimate of drug-likeness (QED) is 0.329. The monoisotopic (exact) mass is 220 g/mol. The van der Waals surface area contributed by atoms with Gasteiger partial charge < -0.3 is 4.79 Å². The molecule has 0 aromatic heterocycles. The highest BCUT2D eigenvalue weighted by Crippen LogP contribution is 2.07. The van der Waals surface area contributed by atoms with E-state index in [9.17, 15) is 4.79 Å². The highest BCUT2D eigenvalue weighted by molar-refractivity contribution is 5.75. The third kappa shape index (κ3) is 13.5. The van der Waals surface area contributed by atoms with Gasteiger partial charge in [0.05, 0.1) is 6.61 Å². The maximum absolute atomic E-state index is 10.6. The summed E-state index contributed by atoms with van der Waals surface area (Å²) in [4.78, 5) is 15.0. The van der Waals surface area contributed by atoms with Crippen LogP contribution < -0.4 is 0 Å². The van der Waals surface area contributed by atoms with Crippen LogP contribution in [-0.2, 0) is 19.8 Å². The van der Waals surface area contributed by atoms with Crippen molar-refractivity contribution >= 4 is 5.78 Å². The Kier molecular flexibility index (Phi) is 11.2. The molecule has 0 aliphatic rings. The van der Waals surface area contributed by atoms with Crippen molar-refractivity contribution in [1.82, 2.24) is 0 Å². The summed E-state index contributed by atoms with van der Waals surface area (Å²) in [5, 5.41) is 14.8. The molecule has 1 N–H and O–H groups in total. The smallest absolute Gasteiger partial charge is 0.129 e. The first kappa shape index (κ1) is 14.5. The van der Waals surface area contributed by atoms with E-state index in [-0.39, 0.29) is 5.78 Å². The summed E-state index contributed by atoms with van der Waals surface area (Å²) >= 11 is 0. The Morgan fingerprint density at radius 1 is 1.07 bits per heavy atom. The van der Waals surface area contributed by atoms with E-state index >= 15 is 0 Å². The van der Waals surface area contributed by atoms with Crippen molar-refractivity contribution in [3.05, 3.63) is 0 Å². The molecule has 0 atom stereocenters. The molecule has 90 valence electrons. The second-order valence-corrected chi connectivity index (χ2v) is 3.54. The molecule has 0 rings (SSSR count). The molecule has 0 saturated heterocycles. The van der Waals surface area contributed by atoms with Crippen LogP contribution in [0.2, 0.25) is 0 Å². The van der Waals surface area contributed by atoms with Crippen molar-refractivity contribution in [2.24, 2.45) is 0 Å². The molecule has 0 saturated carbocycles. The Balaban J connectivity index is 2.89. The van der Waals surface area contributed by atoms with Gasteiger partial charge in [-0.1, -0.05) is 25.7 Å². The van der Waals surface area contributed by atoms with Crippen molar-refractivity contribution in [2.75, 3.05) is 6.61 Å². The van der Waals surface area contributed by atoms with Gasteiger partial charge in [0, 0.05) is 6.42 Å². The normalized spacial score (nSPS) is 10.5. The lowest BCUT2D eigenvalue weighted by Crippen LogP contribution is -1.95. The lowest BCUT2D eigenvalue weighted by Gasteiger charge is -2.00. The average Bonchev–Trinajstić information content (AvgIpc) is 2.20. The Bertz CT molecular complexity index is 149. The predicted molar refractivity (Wildman–Crippen MR) is 53.8 cm³/mol. The zero-order valence-electron chi connectivity index (χ0n) is 9.24. The van der Waals surface area contributed by atoms with Gasteiger partial charge in [-0.15, -0.1) is 0 Å². The van der Waals surface area contributed by atoms with Crippen molar-refractivity contribution in [3.8, 4) is 0 Å². The van der Waals surface area contributed by atoms with Crippen molar-refractivity contribution in [2.45, 2.75) is 51.9 Å². The van der Waals surface area contributed by atoms with Gasteiger partial charge in [-0.25, -0.2) is 10.1 Å². The van der Waals surface area contributed by atoms with Crippen LogP contribution in [0.25, 0.3) is 0 Å². The first-order valence-corrected chi connectivity index (χ1v) is 5.36. The largest absolute Gasteiger partial charge is 0.300 e. The minimum atomic E-state index is 0.268. The SMILES string of the molecule is CC(=O)CCCCCCCCOOOO. The maximum Gasteiger partial charge on any atom is 0.129 e. The zero-order valence-corrected chi connectivity index (χ0v) is 9.24. The highest BCUT2D eigenvalue weighted by atomic mass is 17.6. The van der Waals surface area contributed by atoms with Gasteiger partial charge in [0.25, 0.3) is 0 Å². The number of Topliss-reactive ketones (excluding diaryl/α,β-unsaturated/α-hetero) is 1. The van der Waals surface area contributed by atoms with Crippen LogP contribution in [0.4, 0.5) is 0 Å². The van der Waals surface area contributed by atoms with Gasteiger partial charge in [-0.2, -0.15) is 0 Å². The van der Waals surface area contributed by atoms with E-state index in [4.69, 9.17) is 5.26 Å². The second-order valence-electron chi connectivity index (χ2n) is 3.54. The number of carbonyl (C=O) groups is 1. The average molecular weight is 220 g/mol. The van der Waals surface area contributed by atoms with E-state index in [1.165, 1.54) is 0 Å². The van der Waals surface area contributed by atoms with Crippen molar-refractivity contribution in [3.63, 3.8) is 0 Å². The van der Waals surface area contributed by atoms with Crippen LogP contribution in [-0.4, -0.2) is 17.6 Å². The molecule has 0 aliphatic heterocycles. The van der Waals surface area contributed by atoms with Crippen molar-refractivity contribution < 1.29 is 25.0 Å². The zero-order chi connectivity index (χ0) is 11.4. The van der Waals surface area contributed by atoms with Gasteiger partial charge in [0.2, 0.25) is 0 Å². The van der Waals surface area contributed by atoms with Crippen LogP contribution in [0.15, 0.2) is 0 Å². The summed E-state index contributed by atoms with van der Waals surface area (Å²) in [6, 6.07) is 0. The summed E-state index contributed by atoms with van der Waals surface area (Å²) in [5.74, 6) is 0.268.